The molecule has 122 valence electrons. The monoisotopic (exact) mass is 323 g/mol. The minimum absolute atomic E-state index is 0.0446. The highest BCUT2D eigenvalue weighted by molar-refractivity contribution is 7.90. The maximum atomic E-state index is 12.0. The van der Waals surface area contributed by atoms with Gasteiger partial charge in [0.2, 0.25) is 5.91 Å². The Morgan fingerprint density at radius 3 is 2.45 bits per heavy atom. The van der Waals surface area contributed by atoms with E-state index in [1.807, 2.05) is 0 Å². The predicted molar refractivity (Wildman–Crippen MR) is 88.7 cm³/mol. The maximum absolute atomic E-state index is 12.0. The van der Waals surface area contributed by atoms with E-state index in [0.29, 0.717) is 24.8 Å². The highest BCUT2D eigenvalue weighted by Gasteiger charge is 2.43. The van der Waals surface area contributed by atoms with Crippen LogP contribution in [0, 0.1) is 5.92 Å². The lowest BCUT2D eigenvalue weighted by molar-refractivity contribution is -0.122. The third-order valence-electron chi connectivity index (χ3n) is 4.15. The number of sulfone groups is 1. The second kappa shape index (κ2) is 6.82. The van der Waals surface area contributed by atoms with Crippen molar-refractivity contribution in [3.8, 4) is 0 Å². The van der Waals surface area contributed by atoms with Crippen LogP contribution in [-0.2, 0) is 14.6 Å². The van der Waals surface area contributed by atoms with Gasteiger partial charge in [0.15, 0.2) is 0 Å². The van der Waals surface area contributed by atoms with Crippen LogP contribution in [0.2, 0.25) is 0 Å². The summed E-state index contributed by atoms with van der Waals surface area (Å²) in [7, 11) is -2.94. The Labute approximate surface area is 133 Å². The molecule has 0 aliphatic heterocycles. The van der Waals surface area contributed by atoms with Crippen molar-refractivity contribution in [2.75, 3.05) is 18.6 Å². The standard InChI is InChI=1S/C17H25NO3S/c1-12(2)13-5-7-14(8-6-13)15-11-16(15)17(19)18-9-4-10-22(3,20)21/h5-8,12,15-16H,4,9-11H2,1-3H3,(H,18,19)/t15-,16-/m0/s1. The van der Waals surface area contributed by atoms with E-state index in [0.717, 1.165) is 6.42 Å². The van der Waals surface area contributed by atoms with Gasteiger partial charge in [-0.2, -0.15) is 0 Å². The van der Waals surface area contributed by atoms with Crippen molar-refractivity contribution in [1.82, 2.24) is 5.32 Å². The minimum atomic E-state index is -2.94. The van der Waals surface area contributed by atoms with E-state index in [1.165, 1.54) is 17.4 Å². The molecule has 0 radical (unpaired) electrons. The van der Waals surface area contributed by atoms with E-state index in [2.05, 4.69) is 43.4 Å². The molecule has 22 heavy (non-hydrogen) atoms. The topological polar surface area (TPSA) is 63.2 Å². The molecule has 1 aromatic rings. The van der Waals surface area contributed by atoms with E-state index in [4.69, 9.17) is 0 Å². The fraction of sp³-hybridized carbons (Fsp3) is 0.588. The van der Waals surface area contributed by atoms with Gasteiger partial charge in [0.1, 0.15) is 9.84 Å². The van der Waals surface area contributed by atoms with E-state index < -0.39 is 9.84 Å². The summed E-state index contributed by atoms with van der Waals surface area (Å²) in [6, 6.07) is 8.52. The number of hydrogen-bond donors (Lipinski definition) is 1. The molecule has 0 aromatic heterocycles. The van der Waals surface area contributed by atoms with E-state index >= 15 is 0 Å². The summed E-state index contributed by atoms with van der Waals surface area (Å²) < 4.78 is 22.0. The number of benzene rings is 1. The van der Waals surface area contributed by atoms with Gasteiger partial charge in [-0.25, -0.2) is 8.42 Å². The van der Waals surface area contributed by atoms with Crippen molar-refractivity contribution in [3.05, 3.63) is 35.4 Å². The quantitative estimate of drug-likeness (QED) is 0.784. The average molecular weight is 323 g/mol. The summed E-state index contributed by atoms with van der Waals surface area (Å²) in [6.45, 7) is 4.76. The summed E-state index contributed by atoms with van der Waals surface area (Å²) in [5.41, 5.74) is 2.53. The van der Waals surface area contributed by atoms with Crippen LogP contribution in [0.5, 0.6) is 0 Å². The normalized spacial score (nSPS) is 20.9. The first-order valence-corrected chi connectivity index (χ1v) is 9.89. The van der Waals surface area contributed by atoms with Crippen molar-refractivity contribution < 1.29 is 13.2 Å². The molecule has 2 atom stereocenters. The predicted octanol–water partition coefficient (Wildman–Crippen LogP) is 2.46. The van der Waals surface area contributed by atoms with Gasteiger partial charge in [-0.15, -0.1) is 0 Å². The Morgan fingerprint density at radius 2 is 1.91 bits per heavy atom. The van der Waals surface area contributed by atoms with Crippen LogP contribution in [0.3, 0.4) is 0 Å². The van der Waals surface area contributed by atoms with Crippen molar-refractivity contribution in [2.24, 2.45) is 5.92 Å². The molecule has 1 aliphatic carbocycles. The number of rotatable bonds is 7. The molecule has 5 heteroatoms. The summed E-state index contributed by atoms with van der Waals surface area (Å²) in [5.74, 6) is 1.05. The molecule has 1 aliphatic rings. The molecule has 0 heterocycles. The van der Waals surface area contributed by atoms with E-state index in [1.54, 1.807) is 0 Å². The number of nitrogens with one attached hydrogen (secondary N) is 1. The summed E-state index contributed by atoms with van der Waals surface area (Å²) in [5, 5.41) is 2.84. The van der Waals surface area contributed by atoms with Gasteiger partial charge >= 0.3 is 0 Å². The zero-order chi connectivity index (χ0) is 16.3. The molecule has 1 saturated carbocycles. The Hall–Kier alpha value is -1.36. The Bertz CT molecular complexity index is 620. The van der Waals surface area contributed by atoms with Crippen LogP contribution in [-0.4, -0.2) is 32.9 Å². The van der Waals surface area contributed by atoms with Gasteiger partial charge in [0.05, 0.1) is 5.75 Å². The Kier molecular flexibility index (Phi) is 5.27. The second-order valence-corrected chi connectivity index (χ2v) is 8.80. The summed E-state index contributed by atoms with van der Waals surface area (Å²) in [6.07, 6.45) is 2.58. The van der Waals surface area contributed by atoms with Gasteiger partial charge in [0, 0.05) is 18.7 Å². The molecule has 1 fully saturated rings. The molecule has 0 bridgehead atoms. The van der Waals surface area contributed by atoms with E-state index in [-0.39, 0.29) is 17.6 Å². The molecular weight excluding hydrogens is 298 g/mol. The number of hydrogen-bond acceptors (Lipinski definition) is 3. The van der Waals surface area contributed by atoms with Crippen molar-refractivity contribution >= 4 is 15.7 Å². The summed E-state index contributed by atoms with van der Waals surface area (Å²) in [4.78, 5) is 12.0. The largest absolute Gasteiger partial charge is 0.356 e. The van der Waals surface area contributed by atoms with Crippen molar-refractivity contribution in [1.29, 1.82) is 0 Å². The third-order valence-corrected chi connectivity index (χ3v) is 5.18. The first-order valence-electron chi connectivity index (χ1n) is 7.83. The van der Waals surface area contributed by atoms with Crippen LogP contribution in [0.25, 0.3) is 0 Å². The molecule has 1 amide bonds. The lowest BCUT2D eigenvalue weighted by atomic mass is 10.00. The van der Waals surface area contributed by atoms with Crippen molar-refractivity contribution in [2.45, 2.75) is 38.5 Å². The van der Waals surface area contributed by atoms with Crippen LogP contribution < -0.4 is 5.32 Å². The number of carbonyl (C=O) groups is 1. The smallest absolute Gasteiger partial charge is 0.223 e. The SMILES string of the molecule is CC(C)c1ccc([C@@H]2C[C@@H]2C(=O)NCCCS(C)(=O)=O)cc1. The second-order valence-electron chi connectivity index (χ2n) is 6.54. The molecule has 0 unspecified atom stereocenters. The minimum Gasteiger partial charge on any atom is -0.356 e. The van der Waals surface area contributed by atoms with Gasteiger partial charge in [-0.3, -0.25) is 4.79 Å². The van der Waals surface area contributed by atoms with E-state index in [9.17, 15) is 13.2 Å². The fourth-order valence-electron chi connectivity index (χ4n) is 2.66. The fourth-order valence-corrected chi connectivity index (χ4v) is 3.33. The van der Waals surface area contributed by atoms with Gasteiger partial charge < -0.3 is 5.32 Å². The molecule has 4 nitrogen and oxygen atoms in total. The van der Waals surface area contributed by atoms with Crippen molar-refractivity contribution in [3.63, 3.8) is 0 Å². The number of carbonyl (C=O) groups excluding carboxylic acids is 1. The lowest BCUT2D eigenvalue weighted by Gasteiger charge is -2.07. The van der Waals surface area contributed by atoms with Gasteiger partial charge in [-0.1, -0.05) is 38.1 Å². The molecule has 0 saturated heterocycles. The summed E-state index contributed by atoms with van der Waals surface area (Å²) >= 11 is 0. The molecule has 0 spiro atoms. The highest BCUT2D eigenvalue weighted by atomic mass is 32.2. The molecule has 1 aromatic carbocycles. The molecule has 2 rings (SSSR count). The lowest BCUT2D eigenvalue weighted by Crippen LogP contribution is -2.27. The Balaban J connectivity index is 1.78. The Morgan fingerprint density at radius 1 is 1.27 bits per heavy atom. The zero-order valence-electron chi connectivity index (χ0n) is 13.5. The van der Waals surface area contributed by atoms with Crippen LogP contribution in [0.15, 0.2) is 24.3 Å². The zero-order valence-corrected chi connectivity index (χ0v) is 14.3. The first kappa shape index (κ1) is 17.0. The average Bonchev–Trinajstić information content (AvgIpc) is 3.23. The first-order chi connectivity index (χ1) is 10.3. The van der Waals surface area contributed by atoms with Gasteiger partial charge in [0.25, 0.3) is 0 Å². The molecule has 1 N–H and O–H groups in total. The highest BCUT2D eigenvalue weighted by Crippen LogP contribution is 2.47. The van der Waals surface area contributed by atoms with Gasteiger partial charge in [-0.05, 0) is 35.8 Å². The maximum Gasteiger partial charge on any atom is 0.223 e. The molecular formula is C17H25NO3S. The van der Waals surface area contributed by atoms with Crippen LogP contribution >= 0.6 is 0 Å². The van der Waals surface area contributed by atoms with Crippen LogP contribution in [0.1, 0.15) is 49.7 Å². The van der Waals surface area contributed by atoms with Crippen LogP contribution in [0.4, 0.5) is 0 Å². The number of amides is 1. The third kappa shape index (κ3) is 4.83.